The highest BCUT2D eigenvalue weighted by Crippen LogP contribution is 2.36. The molecule has 0 aromatic heterocycles. The molecule has 1 aliphatic heterocycles. The SMILES string of the molecule is CN(C)/C=N/c1cc(N=S(C)(C)=O)cc(N2CCC2)c1C#N. The quantitative estimate of drug-likeness (QED) is 0.631. The Morgan fingerprint density at radius 3 is 2.50 bits per heavy atom. The molecule has 22 heavy (non-hydrogen) atoms. The van der Waals surface area contributed by atoms with Crippen LogP contribution < -0.4 is 4.90 Å². The van der Waals surface area contributed by atoms with E-state index in [2.05, 4.69) is 20.3 Å². The minimum atomic E-state index is -2.26. The molecule has 1 saturated heterocycles. The first-order chi connectivity index (χ1) is 10.3. The first-order valence-electron chi connectivity index (χ1n) is 7.01. The molecule has 1 aromatic carbocycles. The summed E-state index contributed by atoms with van der Waals surface area (Å²) in [5.41, 5.74) is 2.52. The Morgan fingerprint density at radius 1 is 1.36 bits per heavy atom. The highest BCUT2D eigenvalue weighted by molar-refractivity contribution is 7.92. The second kappa shape index (κ2) is 6.36. The van der Waals surface area contributed by atoms with Crippen molar-refractivity contribution in [2.24, 2.45) is 9.36 Å². The van der Waals surface area contributed by atoms with Gasteiger partial charge in [-0.25, -0.2) is 9.20 Å². The number of aliphatic imine (C=N–C) groups is 1. The third kappa shape index (κ3) is 3.98. The number of hydrogen-bond acceptors (Lipinski definition) is 5. The summed E-state index contributed by atoms with van der Waals surface area (Å²) < 4.78 is 16.2. The van der Waals surface area contributed by atoms with E-state index in [1.54, 1.807) is 29.8 Å². The molecule has 0 spiro atoms. The smallest absolute Gasteiger partial charge is 0.104 e. The zero-order valence-corrected chi connectivity index (χ0v) is 14.2. The predicted octanol–water partition coefficient (Wildman–Crippen LogP) is 2.35. The van der Waals surface area contributed by atoms with Gasteiger partial charge in [0.05, 0.1) is 23.4 Å². The minimum absolute atomic E-state index is 0.537. The number of rotatable bonds is 4. The van der Waals surface area contributed by atoms with Crippen LogP contribution in [0, 0.1) is 11.3 Å². The maximum absolute atomic E-state index is 12.0. The molecular formula is C15H21N5OS. The van der Waals surface area contributed by atoms with Gasteiger partial charge in [-0.1, -0.05) is 0 Å². The van der Waals surface area contributed by atoms with Crippen molar-refractivity contribution in [1.82, 2.24) is 4.90 Å². The van der Waals surface area contributed by atoms with E-state index in [0.717, 1.165) is 25.2 Å². The molecule has 0 saturated carbocycles. The van der Waals surface area contributed by atoms with Crippen LogP contribution in [0.5, 0.6) is 0 Å². The molecule has 0 aliphatic carbocycles. The number of nitrogens with zero attached hydrogens (tertiary/aromatic N) is 5. The largest absolute Gasteiger partial charge is 0.370 e. The molecule has 7 heteroatoms. The van der Waals surface area contributed by atoms with Crippen molar-refractivity contribution < 1.29 is 4.21 Å². The lowest BCUT2D eigenvalue weighted by Gasteiger charge is -2.34. The second-order valence-electron chi connectivity index (χ2n) is 5.79. The summed E-state index contributed by atoms with van der Waals surface area (Å²) in [6, 6.07) is 5.79. The van der Waals surface area contributed by atoms with Gasteiger partial charge in [-0.05, 0) is 18.6 Å². The molecule has 1 aliphatic rings. The summed E-state index contributed by atoms with van der Waals surface area (Å²) in [4.78, 5) is 8.29. The molecule has 1 aromatic rings. The Hall–Kier alpha value is -2.07. The van der Waals surface area contributed by atoms with Crippen LogP contribution >= 0.6 is 0 Å². The zero-order valence-electron chi connectivity index (χ0n) is 13.4. The van der Waals surface area contributed by atoms with Crippen molar-refractivity contribution >= 4 is 33.1 Å². The summed E-state index contributed by atoms with van der Waals surface area (Å²) in [6.07, 6.45) is 5.95. The van der Waals surface area contributed by atoms with E-state index in [0.29, 0.717) is 16.9 Å². The van der Waals surface area contributed by atoms with Crippen molar-refractivity contribution in [3.63, 3.8) is 0 Å². The molecule has 0 amide bonds. The lowest BCUT2D eigenvalue weighted by molar-refractivity contribution is 0.617. The van der Waals surface area contributed by atoms with Crippen LogP contribution in [0.25, 0.3) is 0 Å². The number of hydrogen-bond donors (Lipinski definition) is 0. The number of benzene rings is 1. The topological polar surface area (TPSA) is 72.1 Å². The van der Waals surface area contributed by atoms with E-state index in [4.69, 9.17) is 0 Å². The second-order valence-corrected chi connectivity index (χ2v) is 8.34. The predicted molar refractivity (Wildman–Crippen MR) is 91.9 cm³/mol. The van der Waals surface area contributed by atoms with Crippen molar-refractivity contribution in [3.8, 4) is 6.07 Å². The van der Waals surface area contributed by atoms with Gasteiger partial charge in [-0.15, -0.1) is 0 Å². The molecular weight excluding hydrogens is 298 g/mol. The Kier molecular flexibility index (Phi) is 4.71. The first-order valence-corrected chi connectivity index (χ1v) is 9.34. The highest BCUT2D eigenvalue weighted by Gasteiger charge is 2.21. The standard InChI is InChI=1S/C15H21N5OS/c1-19(2)11-17-14-8-12(18-22(3,4)21)9-15(13(14)10-16)20-6-5-7-20/h8-9,11H,5-7H2,1-4H3/b17-11+. The van der Waals surface area contributed by atoms with Gasteiger partial charge in [0.1, 0.15) is 11.6 Å². The zero-order chi connectivity index (χ0) is 16.3. The van der Waals surface area contributed by atoms with E-state index < -0.39 is 9.73 Å². The Labute approximate surface area is 132 Å². The van der Waals surface area contributed by atoms with E-state index in [-0.39, 0.29) is 0 Å². The van der Waals surface area contributed by atoms with E-state index in [9.17, 15) is 9.47 Å². The molecule has 118 valence electrons. The highest BCUT2D eigenvalue weighted by atomic mass is 32.2. The van der Waals surface area contributed by atoms with Crippen molar-refractivity contribution in [2.45, 2.75) is 6.42 Å². The lowest BCUT2D eigenvalue weighted by Crippen LogP contribution is -2.37. The van der Waals surface area contributed by atoms with E-state index in [1.165, 1.54) is 0 Å². The Bertz CT molecular complexity index is 742. The summed E-state index contributed by atoms with van der Waals surface area (Å²) in [6.45, 7) is 1.84. The maximum atomic E-state index is 12.0. The van der Waals surface area contributed by atoms with Crippen LogP contribution in [0.2, 0.25) is 0 Å². The van der Waals surface area contributed by atoms with Gasteiger partial charge in [0.15, 0.2) is 0 Å². The molecule has 0 unspecified atom stereocenters. The fraction of sp³-hybridized carbons (Fsp3) is 0.467. The van der Waals surface area contributed by atoms with Crippen LogP contribution in [0.15, 0.2) is 21.5 Å². The Balaban J connectivity index is 2.61. The van der Waals surface area contributed by atoms with Gasteiger partial charge in [0.2, 0.25) is 0 Å². The number of nitriles is 1. The minimum Gasteiger partial charge on any atom is -0.370 e. The van der Waals surface area contributed by atoms with E-state index >= 15 is 0 Å². The van der Waals surface area contributed by atoms with Crippen LogP contribution in [0.1, 0.15) is 12.0 Å². The third-order valence-corrected chi connectivity index (χ3v) is 3.79. The molecule has 0 radical (unpaired) electrons. The molecule has 1 fully saturated rings. The normalized spacial score (nSPS) is 14.6. The Morgan fingerprint density at radius 2 is 2.05 bits per heavy atom. The van der Waals surface area contributed by atoms with Crippen LogP contribution in [0.4, 0.5) is 17.1 Å². The van der Waals surface area contributed by atoms with Gasteiger partial charge in [0.25, 0.3) is 0 Å². The van der Waals surface area contributed by atoms with Crippen LogP contribution in [-0.2, 0) is 9.73 Å². The summed E-state index contributed by atoms with van der Waals surface area (Å²) in [5.74, 6) is 0. The van der Waals surface area contributed by atoms with Crippen molar-refractivity contribution in [2.75, 3.05) is 44.6 Å². The van der Waals surface area contributed by atoms with Crippen LogP contribution in [-0.4, -0.2) is 55.1 Å². The van der Waals surface area contributed by atoms with Gasteiger partial charge in [0, 0.05) is 49.4 Å². The molecule has 0 N–H and O–H groups in total. The summed E-state index contributed by atoms with van der Waals surface area (Å²) in [7, 11) is 1.47. The fourth-order valence-corrected chi connectivity index (χ4v) is 2.72. The average molecular weight is 319 g/mol. The van der Waals surface area contributed by atoms with Gasteiger partial charge < -0.3 is 9.80 Å². The molecule has 0 bridgehead atoms. The van der Waals surface area contributed by atoms with Crippen molar-refractivity contribution in [1.29, 1.82) is 5.26 Å². The first kappa shape index (κ1) is 16.3. The summed E-state index contributed by atoms with van der Waals surface area (Å²) >= 11 is 0. The molecule has 0 atom stereocenters. The third-order valence-electron chi connectivity index (χ3n) is 3.14. The maximum Gasteiger partial charge on any atom is 0.104 e. The lowest BCUT2D eigenvalue weighted by atomic mass is 10.1. The van der Waals surface area contributed by atoms with Gasteiger partial charge in [-0.3, -0.25) is 0 Å². The fourth-order valence-electron chi connectivity index (χ4n) is 2.10. The molecule has 6 nitrogen and oxygen atoms in total. The van der Waals surface area contributed by atoms with Gasteiger partial charge in [-0.2, -0.15) is 9.62 Å². The van der Waals surface area contributed by atoms with Crippen LogP contribution in [0.3, 0.4) is 0 Å². The molecule has 2 rings (SSSR count). The van der Waals surface area contributed by atoms with Gasteiger partial charge >= 0.3 is 0 Å². The van der Waals surface area contributed by atoms with Crippen molar-refractivity contribution in [3.05, 3.63) is 17.7 Å². The van der Waals surface area contributed by atoms with E-state index in [1.807, 2.05) is 20.2 Å². The monoisotopic (exact) mass is 319 g/mol. The molecule has 1 heterocycles. The number of anilines is 1. The summed E-state index contributed by atoms with van der Waals surface area (Å²) in [5, 5.41) is 9.51. The average Bonchev–Trinajstić information content (AvgIpc) is 2.32.